The van der Waals surface area contributed by atoms with E-state index in [4.69, 9.17) is 14.6 Å². The minimum Gasteiger partial charge on any atom is -0.448 e. The fraction of sp³-hybridized carbons (Fsp3) is 0.611. The van der Waals surface area contributed by atoms with Crippen molar-refractivity contribution < 1.29 is 19.4 Å². The average Bonchev–Trinajstić information content (AvgIpc) is 3.17. The van der Waals surface area contributed by atoms with Crippen molar-refractivity contribution >= 4 is 11.7 Å². The van der Waals surface area contributed by atoms with Gasteiger partial charge in [-0.2, -0.15) is 0 Å². The molecule has 3 rings (SSSR count). The molecule has 1 aromatic rings. The number of aliphatic hydroxyl groups excluding tert-OH is 1. The van der Waals surface area contributed by atoms with Gasteiger partial charge in [0, 0.05) is 37.7 Å². The molecule has 0 aromatic heterocycles. The van der Waals surface area contributed by atoms with Gasteiger partial charge in [0.2, 0.25) is 0 Å². The van der Waals surface area contributed by atoms with Crippen molar-refractivity contribution in [2.45, 2.75) is 51.2 Å². The van der Waals surface area contributed by atoms with Gasteiger partial charge in [0.25, 0.3) is 5.79 Å². The number of nitrogens with one attached hydrogen (secondary N) is 1. The van der Waals surface area contributed by atoms with E-state index in [1.165, 1.54) is 0 Å². The number of carbonyl (C=O) groups excluding carboxylic acids is 1. The number of carbonyl (C=O) groups is 1. The summed E-state index contributed by atoms with van der Waals surface area (Å²) in [5, 5.41) is 12.0. The summed E-state index contributed by atoms with van der Waals surface area (Å²) >= 11 is 0. The van der Waals surface area contributed by atoms with Gasteiger partial charge < -0.3 is 24.8 Å². The smallest absolute Gasteiger partial charge is 0.321 e. The van der Waals surface area contributed by atoms with Crippen LogP contribution < -0.4 is 14.8 Å². The Hall–Kier alpha value is -1.95. The average molecular weight is 334 g/mol. The third-order valence-electron chi connectivity index (χ3n) is 4.59. The van der Waals surface area contributed by atoms with Crippen molar-refractivity contribution in [3.63, 3.8) is 0 Å². The van der Waals surface area contributed by atoms with Gasteiger partial charge in [-0.05, 0) is 31.4 Å². The molecule has 132 valence electrons. The van der Waals surface area contributed by atoms with Gasteiger partial charge in [0.1, 0.15) is 0 Å². The lowest BCUT2D eigenvalue weighted by Gasteiger charge is -2.22. The van der Waals surface area contributed by atoms with Gasteiger partial charge in [0.15, 0.2) is 11.5 Å². The lowest BCUT2D eigenvalue weighted by atomic mass is 10.2. The first-order chi connectivity index (χ1) is 11.7. The van der Waals surface area contributed by atoms with E-state index < -0.39 is 5.79 Å². The number of hydrogen-bond acceptors (Lipinski definition) is 4. The largest absolute Gasteiger partial charge is 0.448 e. The van der Waals surface area contributed by atoms with Crippen molar-refractivity contribution in [2.24, 2.45) is 0 Å². The lowest BCUT2D eigenvalue weighted by Crippen LogP contribution is -2.37. The molecule has 1 aliphatic carbocycles. The van der Waals surface area contributed by atoms with Crippen LogP contribution >= 0.6 is 0 Å². The molecule has 0 saturated heterocycles. The fourth-order valence-corrected chi connectivity index (χ4v) is 3.28. The molecule has 0 radical (unpaired) electrons. The Bertz CT molecular complexity index is 584. The molecular weight excluding hydrogens is 308 g/mol. The first kappa shape index (κ1) is 16.9. The summed E-state index contributed by atoms with van der Waals surface area (Å²) in [4.78, 5) is 14.0. The summed E-state index contributed by atoms with van der Waals surface area (Å²) < 4.78 is 12.0. The fourth-order valence-electron chi connectivity index (χ4n) is 3.28. The highest BCUT2D eigenvalue weighted by Gasteiger charge is 2.44. The predicted molar refractivity (Wildman–Crippen MR) is 91.5 cm³/mol. The van der Waals surface area contributed by atoms with Gasteiger partial charge in [-0.25, -0.2) is 4.79 Å². The number of fused-ring (bicyclic) bond motifs is 1. The number of rotatable bonds is 6. The number of urea groups is 1. The standard InChI is InChI=1S/C18H26N2O4/c1-2-3-10-20(11-12-21)17(22)19-14-6-7-15-16(13-14)24-18(23-15)8-4-5-9-18/h6-7,13,21H,2-5,8-12H2,1H3,(H,19,22). The van der Waals surface area contributed by atoms with Crippen LogP contribution in [-0.2, 0) is 0 Å². The van der Waals surface area contributed by atoms with Crippen LogP contribution in [0.4, 0.5) is 10.5 Å². The quantitative estimate of drug-likeness (QED) is 0.837. The number of unbranched alkanes of at least 4 members (excludes halogenated alkanes) is 1. The van der Waals surface area contributed by atoms with Gasteiger partial charge in [-0.1, -0.05) is 13.3 Å². The van der Waals surface area contributed by atoms with E-state index >= 15 is 0 Å². The molecule has 2 amide bonds. The van der Waals surface area contributed by atoms with E-state index in [-0.39, 0.29) is 12.6 Å². The van der Waals surface area contributed by atoms with Gasteiger partial charge in [-0.15, -0.1) is 0 Å². The summed E-state index contributed by atoms with van der Waals surface area (Å²) in [6.07, 6.45) is 5.96. The maximum absolute atomic E-state index is 12.4. The summed E-state index contributed by atoms with van der Waals surface area (Å²) in [5.41, 5.74) is 0.678. The Morgan fingerprint density at radius 2 is 2.00 bits per heavy atom. The number of hydrogen-bond donors (Lipinski definition) is 2. The van der Waals surface area contributed by atoms with Crippen molar-refractivity contribution in [3.8, 4) is 11.5 Å². The van der Waals surface area contributed by atoms with E-state index in [0.29, 0.717) is 24.5 Å². The van der Waals surface area contributed by atoms with E-state index in [2.05, 4.69) is 12.2 Å². The Labute approximate surface area is 142 Å². The zero-order chi connectivity index (χ0) is 17.0. The van der Waals surface area contributed by atoms with Crippen LogP contribution in [0.1, 0.15) is 45.4 Å². The number of anilines is 1. The second kappa shape index (κ2) is 7.30. The Kier molecular flexibility index (Phi) is 5.14. The summed E-state index contributed by atoms with van der Waals surface area (Å²) in [6.45, 7) is 3.00. The molecule has 0 unspecified atom stereocenters. The van der Waals surface area contributed by atoms with Crippen molar-refractivity contribution in [1.82, 2.24) is 4.90 Å². The second-order valence-electron chi connectivity index (χ2n) is 6.48. The summed E-state index contributed by atoms with van der Waals surface area (Å²) in [5.74, 6) is 0.944. The second-order valence-corrected chi connectivity index (χ2v) is 6.48. The zero-order valence-corrected chi connectivity index (χ0v) is 14.2. The molecular formula is C18H26N2O4. The molecule has 0 bridgehead atoms. The van der Waals surface area contributed by atoms with Crippen LogP contribution in [0.2, 0.25) is 0 Å². The van der Waals surface area contributed by atoms with Crippen LogP contribution in [0.5, 0.6) is 11.5 Å². The Morgan fingerprint density at radius 1 is 1.25 bits per heavy atom. The molecule has 1 fully saturated rings. The van der Waals surface area contributed by atoms with E-state index in [9.17, 15) is 4.79 Å². The molecule has 2 N–H and O–H groups in total. The molecule has 1 heterocycles. The predicted octanol–water partition coefficient (Wildman–Crippen LogP) is 3.35. The number of benzene rings is 1. The molecule has 24 heavy (non-hydrogen) atoms. The van der Waals surface area contributed by atoms with Crippen molar-refractivity contribution in [1.29, 1.82) is 0 Å². The van der Waals surface area contributed by atoms with Crippen LogP contribution in [0, 0.1) is 0 Å². The van der Waals surface area contributed by atoms with E-state index in [1.807, 2.05) is 18.2 Å². The molecule has 1 spiro atoms. The van der Waals surface area contributed by atoms with Gasteiger partial charge in [0.05, 0.1) is 6.61 Å². The normalized spacial score (nSPS) is 17.2. The maximum atomic E-state index is 12.4. The summed E-state index contributed by atoms with van der Waals surface area (Å²) in [7, 11) is 0. The summed E-state index contributed by atoms with van der Waals surface area (Å²) in [6, 6.07) is 5.29. The monoisotopic (exact) mass is 334 g/mol. The SMILES string of the molecule is CCCCN(CCO)C(=O)Nc1ccc2c(c1)OC1(CCCC1)O2. The van der Waals surface area contributed by atoms with Crippen LogP contribution in [0.25, 0.3) is 0 Å². The van der Waals surface area contributed by atoms with Gasteiger partial charge in [-0.3, -0.25) is 0 Å². The number of amides is 2. The number of ether oxygens (including phenoxy) is 2. The number of aliphatic hydroxyl groups is 1. The third kappa shape index (κ3) is 3.59. The minimum atomic E-state index is -0.491. The van der Waals surface area contributed by atoms with E-state index in [1.54, 1.807) is 4.90 Å². The first-order valence-corrected chi connectivity index (χ1v) is 8.85. The van der Waals surface area contributed by atoms with Crippen LogP contribution in [-0.4, -0.2) is 41.5 Å². The molecule has 2 aliphatic rings. The Morgan fingerprint density at radius 3 is 2.71 bits per heavy atom. The zero-order valence-electron chi connectivity index (χ0n) is 14.2. The molecule has 0 atom stereocenters. The van der Waals surface area contributed by atoms with Crippen LogP contribution in [0.15, 0.2) is 18.2 Å². The van der Waals surface area contributed by atoms with E-state index in [0.717, 1.165) is 44.3 Å². The highest BCUT2D eigenvalue weighted by Crippen LogP contribution is 2.47. The number of nitrogens with zero attached hydrogens (tertiary/aromatic N) is 1. The topological polar surface area (TPSA) is 71.0 Å². The maximum Gasteiger partial charge on any atom is 0.321 e. The Balaban J connectivity index is 1.65. The molecule has 6 heteroatoms. The highest BCUT2D eigenvalue weighted by atomic mass is 16.7. The minimum absolute atomic E-state index is 0.0409. The van der Waals surface area contributed by atoms with Crippen molar-refractivity contribution in [2.75, 3.05) is 25.0 Å². The molecule has 1 aromatic carbocycles. The molecule has 1 aliphatic heterocycles. The van der Waals surface area contributed by atoms with Gasteiger partial charge >= 0.3 is 6.03 Å². The van der Waals surface area contributed by atoms with Crippen molar-refractivity contribution in [3.05, 3.63) is 18.2 Å². The molecule has 6 nitrogen and oxygen atoms in total. The molecule has 1 saturated carbocycles. The third-order valence-corrected chi connectivity index (χ3v) is 4.59. The van der Waals surface area contributed by atoms with Crippen LogP contribution in [0.3, 0.4) is 0 Å². The first-order valence-electron chi connectivity index (χ1n) is 8.85. The highest BCUT2D eigenvalue weighted by molar-refractivity contribution is 5.89. The lowest BCUT2D eigenvalue weighted by molar-refractivity contribution is -0.0716.